The molecular formula is C37H35N3O7S2. The molecule has 1 saturated heterocycles. The summed E-state index contributed by atoms with van der Waals surface area (Å²) >= 11 is 2.86. The van der Waals surface area contributed by atoms with Crippen LogP contribution < -0.4 is 29.3 Å². The van der Waals surface area contributed by atoms with Gasteiger partial charge in [-0.3, -0.25) is 24.1 Å². The lowest BCUT2D eigenvalue weighted by Gasteiger charge is -2.43. The molecule has 7 atom stereocenters. The number of hydrogen-bond acceptors (Lipinski definition) is 9. The lowest BCUT2D eigenvalue weighted by molar-refractivity contribution is -0.123. The summed E-state index contributed by atoms with van der Waals surface area (Å²) in [5.41, 5.74) is 3.29. The molecule has 2 bridgehead atoms. The van der Waals surface area contributed by atoms with Gasteiger partial charge in [0.2, 0.25) is 11.8 Å². The number of nitrogens with zero attached hydrogens (tertiary/aromatic N) is 1. The standard InChI is InChI=1S/C37H35N3O7S2/c1-4-46-26-15-19(7-14-25(26)47-17-27(41)38-20-8-5-18(2)6-9-20)28-29-23-16-24(32(29)48-34-33(28)49-37(44)39-34)31-30(23)35(42)40(36(31)43)21-10-12-22(45-3)13-11-21/h5-15,23-24,28-32H,4,16-17H2,1-3H3,(H,38,41)(H,39,44)/t23-,24-,28-,29?,30?,31?,32?/m1/s1. The fourth-order valence-corrected chi connectivity index (χ4v) is 11.3. The maximum absolute atomic E-state index is 14.1. The predicted octanol–water partition coefficient (Wildman–Crippen LogP) is 5.85. The number of nitrogens with one attached hydrogen (secondary N) is 2. The molecule has 252 valence electrons. The SMILES string of the molecule is CCOc1cc([C@H]2c3sc(=O)[nH]c3SC3C2[C@H]2C[C@@H]3C3C(=O)N(c4ccc(OC)cc4)C(=O)C32)ccc1OCC(=O)Nc1ccc(C)cc1. The van der Waals surface area contributed by atoms with Crippen LogP contribution in [0.3, 0.4) is 0 Å². The summed E-state index contributed by atoms with van der Waals surface area (Å²) < 4.78 is 17.3. The summed E-state index contributed by atoms with van der Waals surface area (Å²) in [5.74, 6) is 0.0384. The first-order chi connectivity index (χ1) is 23.7. The zero-order valence-corrected chi connectivity index (χ0v) is 28.8. The van der Waals surface area contributed by atoms with E-state index in [1.165, 1.54) is 16.2 Å². The highest BCUT2D eigenvalue weighted by molar-refractivity contribution is 8.00. The third-order valence-corrected chi connectivity index (χ3v) is 13.0. The number of methoxy groups -OCH3 is 1. The van der Waals surface area contributed by atoms with Crippen molar-refractivity contribution in [2.24, 2.45) is 29.6 Å². The minimum Gasteiger partial charge on any atom is -0.497 e. The Kier molecular flexibility index (Phi) is 8.02. The molecule has 2 aliphatic heterocycles. The molecule has 10 nitrogen and oxygen atoms in total. The Labute approximate surface area is 291 Å². The Bertz CT molecular complexity index is 2010. The van der Waals surface area contributed by atoms with Crippen molar-refractivity contribution in [2.45, 2.75) is 36.5 Å². The van der Waals surface area contributed by atoms with Crippen molar-refractivity contribution < 1.29 is 28.6 Å². The number of hydrogen-bond donors (Lipinski definition) is 2. The second-order valence-corrected chi connectivity index (χ2v) is 15.2. The predicted molar refractivity (Wildman–Crippen MR) is 187 cm³/mol. The number of aryl methyl sites for hydroxylation is 1. The number of anilines is 2. The van der Waals surface area contributed by atoms with E-state index < -0.39 is 5.92 Å². The van der Waals surface area contributed by atoms with E-state index in [0.717, 1.165) is 27.5 Å². The van der Waals surface area contributed by atoms with E-state index in [4.69, 9.17) is 14.2 Å². The molecule has 4 unspecified atom stereocenters. The number of thiazole rings is 1. The molecule has 12 heteroatoms. The summed E-state index contributed by atoms with van der Waals surface area (Å²) in [6.07, 6.45) is 0.789. The van der Waals surface area contributed by atoms with Gasteiger partial charge in [0.25, 0.3) is 5.91 Å². The van der Waals surface area contributed by atoms with Crippen molar-refractivity contribution in [3.8, 4) is 17.2 Å². The number of carbonyl (C=O) groups excluding carboxylic acids is 3. The Morgan fingerprint density at radius 1 is 0.939 bits per heavy atom. The van der Waals surface area contributed by atoms with E-state index in [0.29, 0.717) is 35.2 Å². The van der Waals surface area contributed by atoms with E-state index in [-0.39, 0.29) is 64.0 Å². The van der Waals surface area contributed by atoms with Crippen molar-refractivity contribution in [3.63, 3.8) is 0 Å². The molecular weight excluding hydrogens is 663 g/mol. The number of thioether (sulfide) groups is 1. The summed E-state index contributed by atoms with van der Waals surface area (Å²) in [4.78, 5) is 58.7. The van der Waals surface area contributed by atoms with Gasteiger partial charge < -0.3 is 24.5 Å². The average Bonchev–Trinajstić information content (AvgIpc) is 3.84. The van der Waals surface area contributed by atoms with Crippen molar-refractivity contribution in [3.05, 3.63) is 92.4 Å². The van der Waals surface area contributed by atoms with Crippen LogP contribution in [-0.4, -0.2) is 48.3 Å². The van der Waals surface area contributed by atoms with Crippen LogP contribution in [0.1, 0.15) is 35.3 Å². The highest BCUT2D eigenvalue weighted by Crippen LogP contribution is 2.68. The number of aromatic amines is 1. The van der Waals surface area contributed by atoms with Crippen LogP contribution in [-0.2, 0) is 14.4 Å². The van der Waals surface area contributed by atoms with Gasteiger partial charge >= 0.3 is 4.87 Å². The molecule has 3 aromatic carbocycles. The summed E-state index contributed by atoms with van der Waals surface area (Å²) in [7, 11) is 1.58. The van der Waals surface area contributed by atoms with Crippen LogP contribution in [0.15, 0.2) is 76.6 Å². The molecule has 8 rings (SSSR count). The molecule has 2 N–H and O–H groups in total. The third-order valence-electron chi connectivity index (χ3n) is 10.4. The number of amides is 3. The van der Waals surface area contributed by atoms with Gasteiger partial charge in [-0.15, -0.1) is 11.8 Å². The molecule has 0 spiro atoms. The Balaban J connectivity index is 1.09. The molecule has 49 heavy (non-hydrogen) atoms. The minimum absolute atomic E-state index is 0.00441. The third kappa shape index (κ3) is 5.32. The zero-order valence-electron chi connectivity index (χ0n) is 27.1. The lowest BCUT2D eigenvalue weighted by atomic mass is 9.68. The van der Waals surface area contributed by atoms with Gasteiger partial charge in [0.05, 0.1) is 36.3 Å². The van der Waals surface area contributed by atoms with Crippen LogP contribution >= 0.6 is 23.1 Å². The van der Waals surface area contributed by atoms with Crippen molar-refractivity contribution in [2.75, 3.05) is 30.5 Å². The van der Waals surface area contributed by atoms with Crippen LogP contribution in [0.25, 0.3) is 0 Å². The van der Waals surface area contributed by atoms with Gasteiger partial charge in [-0.05, 0) is 92.1 Å². The van der Waals surface area contributed by atoms with E-state index in [9.17, 15) is 19.2 Å². The van der Waals surface area contributed by atoms with Crippen molar-refractivity contribution in [1.82, 2.24) is 4.98 Å². The number of fused-ring (bicyclic) bond motifs is 9. The second kappa shape index (κ2) is 12.4. The molecule has 3 fully saturated rings. The van der Waals surface area contributed by atoms with E-state index in [1.807, 2.05) is 56.3 Å². The largest absolute Gasteiger partial charge is 0.497 e. The zero-order chi connectivity index (χ0) is 34.0. The Hall–Kier alpha value is -4.55. The van der Waals surface area contributed by atoms with Crippen molar-refractivity contribution in [1.29, 1.82) is 0 Å². The van der Waals surface area contributed by atoms with E-state index >= 15 is 0 Å². The second-order valence-electron chi connectivity index (χ2n) is 13.0. The molecule has 4 aliphatic rings. The van der Waals surface area contributed by atoms with Gasteiger partial charge in [-0.1, -0.05) is 35.1 Å². The Morgan fingerprint density at radius 3 is 2.39 bits per heavy atom. The molecule has 3 heterocycles. The number of aromatic nitrogens is 1. The number of rotatable bonds is 9. The average molecular weight is 698 g/mol. The first-order valence-corrected chi connectivity index (χ1v) is 18.1. The maximum atomic E-state index is 14.1. The number of carbonyl (C=O) groups is 3. The van der Waals surface area contributed by atoms with Crippen LogP contribution in [0.4, 0.5) is 11.4 Å². The first-order valence-electron chi connectivity index (χ1n) is 16.4. The number of ether oxygens (including phenoxy) is 3. The van der Waals surface area contributed by atoms with Crippen LogP contribution in [0.5, 0.6) is 17.2 Å². The topological polar surface area (TPSA) is 127 Å². The summed E-state index contributed by atoms with van der Waals surface area (Å²) in [5, 5.41) is 3.74. The van der Waals surface area contributed by atoms with Gasteiger partial charge in [0.15, 0.2) is 18.1 Å². The highest BCUT2D eigenvalue weighted by Gasteiger charge is 2.69. The molecule has 3 amide bonds. The van der Waals surface area contributed by atoms with Crippen LogP contribution in [0, 0.1) is 36.5 Å². The van der Waals surface area contributed by atoms with Gasteiger partial charge in [-0.2, -0.15) is 0 Å². The smallest absolute Gasteiger partial charge is 0.305 e. The minimum atomic E-state index is -0.415. The fraction of sp³-hybridized carbons (Fsp3) is 0.351. The molecule has 1 aromatic heterocycles. The highest BCUT2D eigenvalue weighted by atomic mass is 32.2. The van der Waals surface area contributed by atoms with Gasteiger partial charge in [-0.25, -0.2) is 0 Å². The number of benzene rings is 3. The monoisotopic (exact) mass is 697 g/mol. The number of imide groups is 1. The van der Waals surface area contributed by atoms with Crippen LogP contribution in [0.2, 0.25) is 0 Å². The molecule has 2 saturated carbocycles. The Morgan fingerprint density at radius 2 is 1.67 bits per heavy atom. The van der Waals surface area contributed by atoms with E-state index in [1.54, 1.807) is 43.1 Å². The van der Waals surface area contributed by atoms with Crippen molar-refractivity contribution >= 4 is 52.2 Å². The van der Waals surface area contributed by atoms with Gasteiger partial charge in [0, 0.05) is 21.7 Å². The normalized spacial score (nSPS) is 26.3. The maximum Gasteiger partial charge on any atom is 0.305 e. The quantitative estimate of drug-likeness (QED) is 0.209. The first kappa shape index (κ1) is 31.7. The molecule has 4 aromatic rings. The lowest BCUT2D eigenvalue weighted by Crippen LogP contribution is -2.42. The number of H-pyrrole nitrogens is 1. The fourth-order valence-electron chi connectivity index (χ4n) is 8.46. The molecule has 0 radical (unpaired) electrons. The molecule has 2 aliphatic carbocycles. The van der Waals surface area contributed by atoms with E-state index in [2.05, 4.69) is 10.3 Å². The summed E-state index contributed by atoms with van der Waals surface area (Å²) in [6.45, 7) is 4.06. The van der Waals surface area contributed by atoms with Gasteiger partial charge in [0.1, 0.15) is 5.75 Å². The summed E-state index contributed by atoms with van der Waals surface area (Å²) in [6, 6.07) is 20.3.